The van der Waals surface area contributed by atoms with Crippen molar-refractivity contribution in [3.63, 3.8) is 0 Å². The molecule has 1 heterocycles. The topological polar surface area (TPSA) is 83.0 Å². The Morgan fingerprint density at radius 1 is 1.17 bits per heavy atom. The van der Waals surface area contributed by atoms with Crippen molar-refractivity contribution in [3.05, 3.63) is 41.7 Å². The Hall–Kier alpha value is -0.500. The van der Waals surface area contributed by atoms with E-state index in [0.717, 1.165) is 12.4 Å². The quantitative estimate of drug-likeness (QED) is 0.390. The first-order chi connectivity index (χ1) is 7.97. The predicted octanol–water partition coefficient (Wildman–Crippen LogP) is -1.29. The number of rotatable bonds is 2. The zero-order valence-electron chi connectivity index (χ0n) is 9.37. The number of hydrogen-bond acceptors (Lipinski definition) is 5. The minimum Gasteiger partial charge on any atom is -0.743 e. The molecule has 8 heteroatoms. The van der Waals surface area contributed by atoms with Crippen LogP contribution in [-0.4, -0.2) is 22.9 Å². The summed E-state index contributed by atoms with van der Waals surface area (Å²) in [6.45, 7) is 0. The van der Waals surface area contributed by atoms with E-state index in [1.807, 2.05) is 0 Å². The molecule has 0 aliphatic carbocycles. The number of halogens is 1. The maximum Gasteiger partial charge on any atom is 1.00 e. The molecule has 0 N–H and O–H groups in total. The fourth-order valence-electron chi connectivity index (χ4n) is 1.28. The van der Waals surface area contributed by atoms with E-state index >= 15 is 0 Å². The van der Waals surface area contributed by atoms with E-state index in [2.05, 4.69) is 9.97 Å². The summed E-state index contributed by atoms with van der Waals surface area (Å²) in [6.07, 6.45) is 1.03. The fraction of sp³-hybridized carbons (Fsp3) is 0. The minimum atomic E-state index is -4.58. The van der Waals surface area contributed by atoms with Gasteiger partial charge in [0.25, 0.3) is 0 Å². The molecule has 18 heavy (non-hydrogen) atoms. The molecule has 88 valence electrons. The van der Waals surface area contributed by atoms with Crippen molar-refractivity contribution in [2.75, 3.05) is 0 Å². The van der Waals surface area contributed by atoms with E-state index in [9.17, 15) is 13.0 Å². The van der Waals surface area contributed by atoms with Crippen molar-refractivity contribution >= 4 is 21.7 Å². The first-order valence-corrected chi connectivity index (χ1v) is 6.29. The van der Waals surface area contributed by atoms with Gasteiger partial charge in [-0.05, 0) is 12.1 Å². The molecule has 0 aliphatic heterocycles. The van der Waals surface area contributed by atoms with Gasteiger partial charge in [0.05, 0.1) is 5.69 Å². The average Bonchev–Trinajstić information content (AvgIpc) is 2.28. The van der Waals surface area contributed by atoms with Crippen LogP contribution in [0.3, 0.4) is 0 Å². The van der Waals surface area contributed by atoms with Gasteiger partial charge in [-0.2, -0.15) is 0 Å². The Bertz CT molecular complexity index is 664. The van der Waals surface area contributed by atoms with Crippen molar-refractivity contribution in [1.29, 1.82) is 0 Å². The molecule has 0 saturated carbocycles. The largest absolute Gasteiger partial charge is 1.00 e. The molecule has 0 saturated heterocycles. The van der Waals surface area contributed by atoms with Gasteiger partial charge in [0, 0.05) is 16.7 Å². The van der Waals surface area contributed by atoms with Crippen LogP contribution in [-0.2, 0) is 10.1 Å². The molecule has 0 radical (unpaired) electrons. The Labute approximate surface area is 131 Å². The second kappa shape index (κ2) is 6.10. The van der Waals surface area contributed by atoms with Crippen LogP contribution in [0.2, 0.25) is 5.02 Å². The van der Waals surface area contributed by atoms with Gasteiger partial charge in [0.15, 0.2) is 0 Å². The summed E-state index contributed by atoms with van der Waals surface area (Å²) >= 11 is 5.80. The van der Waals surface area contributed by atoms with Crippen LogP contribution in [0.15, 0.2) is 41.7 Å². The van der Waals surface area contributed by atoms with Crippen LogP contribution in [0.1, 0.15) is 0 Å². The summed E-state index contributed by atoms with van der Waals surface area (Å²) in [5.41, 5.74) is 0.946. The van der Waals surface area contributed by atoms with Crippen LogP contribution < -0.4 is 29.6 Å². The predicted molar refractivity (Wildman–Crippen MR) is 60.4 cm³/mol. The van der Waals surface area contributed by atoms with Crippen molar-refractivity contribution in [2.24, 2.45) is 0 Å². The molecule has 0 spiro atoms. The molecule has 0 bridgehead atoms. The summed E-state index contributed by atoms with van der Waals surface area (Å²) < 4.78 is 32.4. The van der Waals surface area contributed by atoms with Gasteiger partial charge >= 0.3 is 29.6 Å². The molecular weight excluding hydrogens is 287 g/mol. The molecule has 2 aromatic rings. The summed E-state index contributed by atoms with van der Waals surface area (Å²) in [5, 5.41) is -0.0601. The number of hydrogen-bond donors (Lipinski definition) is 0. The molecule has 1 aromatic heterocycles. The van der Waals surface area contributed by atoms with Gasteiger partial charge in [-0.25, -0.2) is 18.4 Å². The SMILES string of the molecule is O=S(=O)([O-])c1cc(-c2cccc(Cl)c2)ncn1.[Na+]. The van der Waals surface area contributed by atoms with Crippen molar-refractivity contribution < 1.29 is 42.5 Å². The molecule has 0 atom stereocenters. The van der Waals surface area contributed by atoms with Crippen molar-refractivity contribution in [1.82, 2.24) is 9.97 Å². The van der Waals surface area contributed by atoms with Crippen LogP contribution >= 0.6 is 11.6 Å². The van der Waals surface area contributed by atoms with E-state index in [1.54, 1.807) is 24.3 Å². The third-order valence-corrected chi connectivity index (χ3v) is 2.99. The molecule has 0 unspecified atom stereocenters. The molecule has 0 aliphatic rings. The maximum absolute atomic E-state index is 10.8. The van der Waals surface area contributed by atoms with Crippen LogP contribution in [0.4, 0.5) is 0 Å². The van der Waals surface area contributed by atoms with Crippen molar-refractivity contribution in [3.8, 4) is 11.3 Å². The van der Waals surface area contributed by atoms with Gasteiger partial charge in [-0.3, -0.25) is 0 Å². The molecular formula is C10H6ClN2NaO3S. The van der Waals surface area contributed by atoms with Gasteiger partial charge in [0.1, 0.15) is 21.5 Å². The molecule has 1 aromatic carbocycles. The monoisotopic (exact) mass is 292 g/mol. The van der Waals surface area contributed by atoms with Crippen LogP contribution in [0.5, 0.6) is 0 Å². The number of aromatic nitrogens is 2. The summed E-state index contributed by atoms with van der Waals surface area (Å²) in [5.74, 6) is 0. The summed E-state index contributed by atoms with van der Waals surface area (Å²) in [7, 11) is -4.58. The maximum atomic E-state index is 10.8. The van der Waals surface area contributed by atoms with Crippen LogP contribution in [0.25, 0.3) is 11.3 Å². The van der Waals surface area contributed by atoms with E-state index in [-0.39, 0.29) is 29.6 Å². The zero-order chi connectivity index (χ0) is 12.5. The van der Waals surface area contributed by atoms with Gasteiger partial charge in [0.2, 0.25) is 0 Å². The number of benzene rings is 1. The summed E-state index contributed by atoms with van der Waals surface area (Å²) in [4.78, 5) is 7.31. The Morgan fingerprint density at radius 3 is 2.50 bits per heavy atom. The standard InChI is InChI=1S/C10H7ClN2O3S.Na/c11-8-3-1-2-7(4-8)9-5-10(13-6-12-9)17(14,15)16;/h1-6H,(H,14,15,16);/q;+1/p-1. The summed E-state index contributed by atoms with van der Waals surface area (Å²) in [6, 6.07) is 7.82. The Balaban J connectivity index is 0.00000162. The fourth-order valence-corrected chi connectivity index (χ4v) is 1.90. The van der Waals surface area contributed by atoms with E-state index < -0.39 is 15.1 Å². The van der Waals surface area contributed by atoms with Crippen LogP contribution in [0, 0.1) is 0 Å². The Kier molecular flexibility index (Phi) is 5.27. The van der Waals surface area contributed by atoms with E-state index in [1.165, 1.54) is 0 Å². The third kappa shape index (κ3) is 3.74. The molecule has 2 rings (SSSR count). The normalized spacial score (nSPS) is 10.8. The first kappa shape index (κ1) is 15.6. The second-order valence-electron chi connectivity index (χ2n) is 3.21. The molecule has 0 fully saturated rings. The minimum absolute atomic E-state index is 0. The number of nitrogens with zero attached hydrogens (tertiary/aromatic N) is 2. The molecule has 0 amide bonds. The van der Waals surface area contributed by atoms with E-state index in [4.69, 9.17) is 11.6 Å². The molecule has 5 nitrogen and oxygen atoms in total. The van der Waals surface area contributed by atoms with Crippen molar-refractivity contribution in [2.45, 2.75) is 5.03 Å². The van der Waals surface area contributed by atoms with Gasteiger partial charge in [-0.15, -0.1) is 0 Å². The zero-order valence-corrected chi connectivity index (χ0v) is 12.9. The average molecular weight is 293 g/mol. The third-order valence-electron chi connectivity index (χ3n) is 2.02. The first-order valence-electron chi connectivity index (χ1n) is 4.51. The smallest absolute Gasteiger partial charge is 0.743 e. The second-order valence-corrected chi connectivity index (χ2v) is 4.97. The van der Waals surface area contributed by atoms with Gasteiger partial charge in [-0.1, -0.05) is 23.7 Å². The van der Waals surface area contributed by atoms with Gasteiger partial charge < -0.3 is 4.55 Å². The van der Waals surface area contributed by atoms with E-state index in [0.29, 0.717) is 16.3 Å². The Morgan fingerprint density at radius 2 is 1.89 bits per heavy atom.